The number of benzene rings is 1. The van der Waals surface area contributed by atoms with Crippen LogP contribution in [0.3, 0.4) is 0 Å². The van der Waals surface area contributed by atoms with E-state index >= 15 is 0 Å². The average Bonchev–Trinajstić information content (AvgIpc) is 3.29. The minimum absolute atomic E-state index is 0.0135. The van der Waals surface area contributed by atoms with Gasteiger partial charge in [0.1, 0.15) is 5.76 Å². The van der Waals surface area contributed by atoms with Crippen LogP contribution in [-0.4, -0.2) is 48.4 Å². The first-order valence-corrected chi connectivity index (χ1v) is 11.2. The molecule has 31 heavy (non-hydrogen) atoms. The Balaban J connectivity index is 2.01. The number of unbranched alkanes of at least 4 members (excludes halogenated alkanes) is 4. The van der Waals surface area contributed by atoms with E-state index in [0.29, 0.717) is 32.7 Å². The number of amides is 2. The Kier molecular flexibility index (Phi) is 11.5. The summed E-state index contributed by atoms with van der Waals surface area (Å²) in [6.45, 7) is 3.87. The van der Waals surface area contributed by atoms with E-state index < -0.39 is 0 Å². The van der Waals surface area contributed by atoms with Crippen molar-refractivity contribution in [2.24, 2.45) is 0 Å². The summed E-state index contributed by atoms with van der Waals surface area (Å²) in [5.74, 6) is 0.630. The van der Waals surface area contributed by atoms with E-state index in [-0.39, 0.29) is 18.4 Å². The zero-order valence-corrected chi connectivity index (χ0v) is 18.9. The Morgan fingerprint density at radius 2 is 1.68 bits per heavy atom. The first-order chi connectivity index (χ1) is 15.1. The first kappa shape index (κ1) is 24.7. The van der Waals surface area contributed by atoms with E-state index in [9.17, 15) is 9.59 Å². The third kappa shape index (κ3) is 9.39. The third-order valence-corrected chi connectivity index (χ3v) is 5.23. The number of carbonyl (C=O) groups excluding carboxylic acids is 2. The maximum absolute atomic E-state index is 13.2. The van der Waals surface area contributed by atoms with Gasteiger partial charge in [-0.25, -0.2) is 0 Å². The number of methoxy groups -OCH3 is 1. The maximum Gasteiger partial charge on any atom is 0.242 e. The average molecular weight is 429 g/mol. The number of furan rings is 1. The molecule has 0 aliphatic carbocycles. The molecule has 0 fully saturated rings. The molecule has 0 unspecified atom stereocenters. The molecule has 170 valence electrons. The first-order valence-electron chi connectivity index (χ1n) is 11.2. The molecule has 1 aromatic heterocycles. The van der Waals surface area contributed by atoms with Crippen molar-refractivity contribution in [1.29, 1.82) is 0 Å². The lowest BCUT2D eigenvalue weighted by molar-refractivity contribution is -0.142. The highest BCUT2D eigenvalue weighted by Crippen LogP contribution is 2.13. The number of hydrogen-bond donors (Lipinski definition) is 0. The number of rotatable bonds is 15. The van der Waals surface area contributed by atoms with Crippen LogP contribution in [-0.2, 0) is 27.4 Å². The van der Waals surface area contributed by atoms with Crippen LogP contribution in [0.1, 0.15) is 56.8 Å². The van der Waals surface area contributed by atoms with E-state index in [1.54, 1.807) is 23.2 Å². The normalized spacial score (nSPS) is 10.8. The van der Waals surface area contributed by atoms with Gasteiger partial charge in [-0.15, -0.1) is 0 Å². The Hall–Kier alpha value is -2.60. The van der Waals surface area contributed by atoms with Gasteiger partial charge in [0.15, 0.2) is 0 Å². The predicted octanol–water partition coefficient (Wildman–Crippen LogP) is 4.64. The lowest BCUT2D eigenvalue weighted by Gasteiger charge is -2.27. The van der Waals surface area contributed by atoms with Gasteiger partial charge in [-0.2, -0.15) is 0 Å². The molecule has 0 spiro atoms. The summed E-state index contributed by atoms with van der Waals surface area (Å²) in [4.78, 5) is 29.4. The lowest BCUT2D eigenvalue weighted by atomic mass is 10.1. The molecule has 1 aromatic carbocycles. The minimum Gasteiger partial charge on any atom is -0.467 e. The number of ether oxygens (including phenoxy) is 1. The second kappa shape index (κ2) is 14.4. The molecular weight excluding hydrogens is 392 g/mol. The number of hydrogen-bond acceptors (Lipinski definition) is 4. The monoisotopic (exact) mass is 428 g/mol. The molecule has 1 heterocycles. The van der Waals surface area contributed by atoms with Crippen LogP contribution < -0.4 is 0 Å². The molecule has 0 N–H and O–H groups in total. The Bertz CT molecular complexity index is 746. The van der Waals surface area contributed by atoms with Crippen molar-refractivity contribution >= 4 is 11.8 Å². The minimum atomic E-state index is -0.101. The van der Waals surface area contributed by atoms with Crippen LogP contribution in [0.2, 0.25) is 0 Å². The summed E-state index contributed by atoms with van der Waals surface area (Å²) in [6, 6.07) is 13.5. The second-order valence-electron chi connectivity index (χ2n) is 7.79. The molecule has 2 amide bonds. The summed E-state index contributed by atoms with van der Waals surface area (Å²) in [5.41, 5.74) is 1.04. The second-order valence-corrected chi connectivity index (χ2v) is 7.79. The predicted molar refractivity (Wildman–Crippen MR) is 121 cm³/mol. The van der Waals surface area contributed by atoms with Gasteiger partial charge in [0.25, 0.3) is 0 Å². The molecular formula is C25H36N2O4. The van der Waals surface area contributed by atoms with Gasteiger partial charge in [0.2, 0.25) is 11.8 Å². The smallest absolute Gasteiger partial charge is 0.242 e. The summed E-state index contributed by atoms with van der Waals surface area (Å²) in [7, 11) is 1.61. The fraction of sp³-hybridized carbons (Fsp3) is 0.520. The molecule has 0 radical (unpaired) electrons. The van der Waals surface area contributed by atoms with Crippen LogP contribution in [0.4, 0.5) is 0 Å². The number of carbonyl (C=O) groups is 2. The van der Waals surface area contributed by atoms with Crippen molar-refractivity contribution < 1.29 is 18.7 Å². The Morgan fingerprint density at radius 3 is 2.35 bits per heavy atom. The largest absolute Gasteiger partial charge is 0.467 e. The van der Waals surface area contributed by atoms with Gasteiger partial charge in [0.05, 0.1) is 26.0 Å². The van der Waals surface area contributed by atoms with E-state index in [1.807, 2.05) is 42.5 Å². The Morgan fingerprint density at radius 1 is 0.903 bits per heavy atom. The van der Waals surface area contributed by atoms with Gasteiger partial charge < -0.3 is 19.0 Å². The lowest BCUT2D eigenvalue weighted by Crippen LogP contribution is -2.43. The third-order valence-electron chi connectivity index (χ3n) is 5.23. The van der Waals surface area contributed by atoms with E-state index in [1.165, 1.54) is 12.8 Å². The van der Waals surface area contributed by atoms with Crippen LogP contribution in [0.5, 0.6) is 0 Å². The van der Waals surface area contributed by atoms with Crippen LogP contribution in [0, 0.1) is 0 Å². The van der Waals surface area contributed by atoms with Crippen LogP contribution in [0.15, 0.2) is 53.1 Å². The summed E-state index contributed by atoms with van der Waals surface area (Å²) >= 11 is 0. The molecule has 2 rings (SSSR count). The van der Waals surface area contributed by atoms with Crippen molar-refractivity contribution in [2.45, 2.75) is 58.5 Å². The highest BCUT2D eigenvalue weighted by Gasteiger charge is 2.22. The van der Waals surface area contributed by atoms with E-state index in [2.05, 4.69) is 6.92 Å². The van der Waals surface area contributed by atoms with Gasteiger partial charge >= 0.3 is 0 Å². The van der Waals surface area contributed by atoms with Crippen molar-refractivity contribution in [3.63, 3.8) is 0 Å². The standard InChI is InChI=1S/C25H36N2O4/c1-3-4-5-6-10-15-24(28)26(16-18-30-2)21-25(29)27(20-23-14-11-17-31-23)19-22-12-8-7-9-13-22/h7-9,11-14,17H,3-6,10,15-16,18-21H2,1-2H3. The fourth-order valence-corrected chi connectivity index (χ4v) is 3.42. The van der Waals surface area contributed by atoms with Crippen LogP contribution in [0.25, 0.3) is 0 Å². The highest BCUT2D eigenvalue weighted by molar-refractivity contribution is 5.84. The Labute approximate surface area is 186 Å². The molecule has 2 aromatic rings. The van der Waals surface area contributed by atoms with E-state index in [0.717, 1.165) is 30.6 Å². The quantitative estimate of drug-likeness (QED) is 0.388. The fourth-order valence-electron chi connectivity index (χ4n) is 3.42. The van der Waals surface area contributed by atoms with Crippen molar-refractivity contribution in [2.75, 3.05) is 26.8 Å². The zero-order chi connectivity index (χ0) is 22.3. The summed E-state index contributed by atoms with van der Waals surface area (Å²) in [6.07, 6.45) is 7.50. The number of nitrogens with zero attached hydrogens (tertiary/aromatic N) is 2. The summed E-state index contributed by atoms with van der Waals surface area (Å²) in [5, 5.41) is 0. The highest BCUT2D eigenvalue weighted by atomic mass is 16.5. The van der Waals surface area contributed by atoms with Crippen molar-refractivity contribution in [3.05, 3.63) is 60.1 Å². The molecule has 0 saturated heterocycles. The topological polar surface area (TPSA) is 63.0 Å². The van der Waals surface area contributed by atoms with E-state index in [4.69, 9.17) is 9.15 Å². The molecule has 6 heteroatoms. The molecule has 0 bridgehead atoms. The zero-order valence-electron chi connectivity index (χ0n) is 18.9. The molecule has 6 nitrogen and oxygen atoms in total. The van der Waals surface area contributed by atoms with Crippen LogP contribution >= 0.6 is 0 Å². The van der Waals surface area contributed by atoms with Crippen molar-refractivity contribution in [1.82, 2.24) is 9.80 Å². The molecule has 0 aliphatic heterocycles. The molecule has 0 atom stereocenters. The molecule has 0 aliphatic rings. The van der Waals surface area contributed by atoms with Gasteiger partial charge in [0, 0.05) is 26.6 Å². The van der Waals surface area contributed by atoms with Gasteiger partial charge in [-0.3, -0.25) is 9.59 Å². The van der Waals surface area contributed by atoms with Gasteiger partial charge in [-0.1, -0.05) is 62.9 Å². The van der Waals surface area contributed by atoms with Crippen molar-refractivity contribution in [3.8, 4) is 0 Å². The SMILES string of the molecule is CCCCCCCC(=O)N(CCOC)CC(=O)N(Cc1ccccc1)Cc1ccco1. The maximum atomic E-state index is 13.2. The summed E-state index contributed by atoms with van der Waals surface area (Å²) < 4.78 is 10.6. The van der Waals surface area contributed by atoms with Gasteiger partial charge in [-0.05, 0) is 24.1 Å². The molecule has 0 saturated carbocycles.